The van der Waals surface area contributed by atoms with Crippen LogP contribution in [0, 0.1) is 6.92 Å². The van der Waals surface area contributed by atoms with E-state index in [1.165, 1.54) is 46.8 Å². The largest absolute Gasteiger partial charge is 0.456 e. The fourth-order valence-corrected chi connectivity index (χ4v) is 4.02. The minimum atomic E-state index is -4.98. The summed E-state index contributed by atoms with van der Waals surface area (Å²) in [6.07, 6.45) is -12.2. The molecule has 0 spiro atoms. The first-order chi connectivity index (χ1) is 15.9. The molecule has 1 saturated heterocycles. The van der Waals surface area contributed by atoms with Gasteiger partial charge in [-0.1, -0.05) is 18.2 Å². The lowest BCUT2D eigenvalue weighted by atomic mass is 9.97. The molecule has 192 valence electrons. The number of benzene rings is 1. The molecule has 1 N–H and O–H groups in total. The lowest BCUT2D eigenvalue weighted by molar-refractivity contribution is -0.140. The zero-order valence-electron chi connectivity index (χ0n) is 19.5. The Morgan fingerprint density at radius 2 is 1.69 bits per heavy atom. The molecule has 2 atom stereocenters. The summed E-state index contributed by atoms with van der Waals surface area (Å²) in [5, 5.41) is 0. The van der Waals surface area contributed by atoms with Crippen molar-refractivity contribution in [2.24, 2.45) is 0 Å². The Balaban J connectivity index is 1.99. The van der Waals surface area contributed by atoms with Crippen LogP contribution in [0.1, 0.15) is 72.2 Å². The number of carbonyl (C=O) groups excluding carboxylic acids is 2. The first-order valence-corrected chi connectivity index (χ1v) is 10.6. The molecule has 1 aromatic carbocycles. The van der Waals surface area contributed by atoms with Crippen molar-refractivity contribution in [3.8, 4) is 0 Å². The Morgan fingerprint density at radius 1 is 1.09 bits per heavy atom. The van der Waals surface area contributed by atoms with E-state index in [-0.39, 0.29) is 11.3 Å². The number of nitrogens with zero attached hydrogens (tertiary/aromatic N) is 1. The third kappa shape index (κ3) is 5.40. The van der Waals surface area contributed by atoms with Crippen LogP contribution in [0.2, 0.25) is 0 Å². The molecule has 0 bridgehead atoms. The second-order valence-corrected chi connectivity index (χ2v) is 9.24. The molecule has 3 rings (SSSR count). The molecule has 1 aliphatic heterocycles. The molecular weight excluding hydrogens is 482 g/mol. The van der Waals surface area contributed by atoms with Crippen LogP contribution in [0.5, 0.6) is 0 Å². The van der Waals surface area contributed by atoms with Gasteiger partial charge in [0.15, 0.2) is 0 Å². The number of H-pyrrole nitrogens is 1. The number of alkyl halides is 6. The molecule has 0 aliphatic carbocycles. The Bertz CT molecular complexity index is 1130. The number of aromatic amines is 1. The van der Waals surface area contributed by atoms with Crippen molar-refractivity contribution in [1.82, 2.24) is 9.88 Å². The second-order valence-electron chi connectivity index (χ2n) is 9.24. The maximum absolute atomic E-state index is 14.0. The Labute approximate surface area is 197 Å². The third-order valence-electron chi connectivity index (χ3n) is 5.44. The average Bonchev–Trinajstić information content (AvgIpc) is 3.17. The van der Waals surface area contributed by atoms with Crippen LogP contribution in [0.25, 0.3) is 0 Å². The van der Waals surface area contributed by atoms with Crippen LogP contribution in [-0.4, -0.2) is 33.6 Å². The molecule has 1 amide bonds. The summed E-state index contributed by atoms with van der Waals surface area (Å²) in [4.78, 5) is 28.5. The highest BCUT2D eigenvalue weighted by molar-refractivity contribution is 5.93. The van der Waals surface area contributed by atoms with E-state index in [9.17, 15) is 35.9 Å². The molecule has 6 nitrogen and oxygen atoms in total. The van der Waals surface area contributed by atoms with E-state index in [0.717, 1.165) is 17.0 Å². The number of hydrogen-bond donors (Lipinski definition) is 1. The van der Waals surface area contributed by atoms with Gasteiger partial charge >= 0.3 is 24.4 Å². The normalized spacial score (nSPS) is 19.2. The molecule has 2 unspecified atom stereocenters. The minimum absolute atomic E-state index is 0.124. The predicted octanol–water partition coefficient (Wildman–Crippen LogP) is 6.40. The van der Waals surface area contributed by atoms with E-state index in [2.05, 4.69) is 4.98 Å². The number of hydrogen-bond acceptors (Lipinski definition) is 4. The Hall–Kier alpha value is -3.18. The van der Waals surface area contributed by atoms with Gasteiger partial charge < -0.3 is 14.5 Å². The number of aryl methyl sites for hydroxylation is 1. The van der Waals surface area contributed by atoms with Crippen molar-refractivity contribution in [2.45, 2.75) is 71.3 Å². The van der Waals surface area contributed by atoms with Crippen molar-refractivity contribution < 1.29 is 45.4 Å². The highest BCUT2D eigenvalue weighted by Crippen LogP contribution is 2.42. The maximum Gasteiger partial charge on any atom is 0.419 e. The summed E-state index contributed by atoms with van der Waals surface area (Å²) in [7, 11) is 0. The number of cyclic esters (lactones) is 1. The fourth-order valence-electron chi connectivity index (χ4n) is 4.02. The summed E-state index contributed by atoms with van der Waals surface area (Å²) in [5.41, 5.74) is -5.03. The molecule has 0 radical (unpaired) electrons. The number of carbonyl (C=O) groups is 2. The van der Waals surface area contributed by atoms with Crippen molar-refractivity contribution in [2.75, 3.05) is 0 Å². The third-order valence-corrected chi connectivity index (χ3v) is 5.44. The molecular formula is C23H24F6N2O4. The fraction of sp³-hybridized carbons (Fsp3) is 0.478. The zero-order valence-corrected chi connectivity index (χ0v) is 19.5. The quantitative estimate of drug-likeness (QED) is 0.385. The number of aromatic nitrogens is 1. The summed E-state index contributed by atoms with van der Waals surface area (Å²) in [6, 6.07) is 3.47. The Kier molecular flexibility index (Phi) is 6.64. The first kappa shape index (κ1) is 26.4. The number of ether oxygens (including phenoxy) is 2. The van der Waals surface area contributed by atoms with Gasteiger partial charge in [0.25, 0.3) is 0 Å². The van der Waals surface area contributed by atoms with Crippen LogP contribution < -0.4 is 0 Å². The van der Waals surface area contributed by atoms with E-state index in [1.807, 2.05) is 0 Å². The standard InChI is InChI=1S/C23H24F6N2O4/c1-11-16(19(32)35-21(3,4)5)17(23(27,28)29)15(30-11)10-31-12(2)18(34-20(31)33)13-8-6-7-9-14(13)22(24,25)26/h6-9,12,18,30H,10H2,1-5H3. The highest BCUT2D eigenvalue weighted by atomic mass is 19.4. The number of nitrogens with one attached hydrogen (secondary N) is 1. The molecule has 1 aromatic heterocycles. The van der Waals surface area contributed by atoms with Crippen LogP contribution >= 0.6 is 0 Å². The van der Waals surface area contributed by atoms with Crippen molar-refractivity contribution in [3.05, 3.63) is 57.9 Å². The van der Waals surface area contributed by atoms with Crippen molar-refractivity contribution in [3.63, 3.8) is 0 Å². The minimum Gasteiger partial charge on any atom is -0.456 e. The number of rotatable bonds is 4. The zero-order chi connectivity index (χ0) is 26.5. The number of halogens is 6. The lowest BCUT2D eigenvalue weighted by Crippen LogP contribution is -2.33. The van der Waals surface area contributed by atoms with Gasteiger partial charge in [0, 0.05) is 17.0 Å². The highest BCUT2D eigenvalue weighted by Gasteiger charge is 2.47. The average molecular weight is 506 g/mol. The molecule has 1 fully saturated rings. The van der Waals surface area contributed by atoms with E-state index >= 15 is 0 Å². The topological polar surface area (TPSA) is 71.6 Å². The van der Waals surface area contributed by atoms with Gasteiger partial charge in [0.2, 0.25) is 0 Å². The van der Waals surface area contributed by atoms with Gasteiger partial charge in [-0.2, -0.15) is 26.3 Å². The van der Waals surface area contributed by atoms with Gasteiger partial charge in [-0.3, -0.25) is 4.90 Å². The van der Waals surface area contributed by atoms with Gasteiger partial charge in [0.1, 0.15) is 11.7 Å². The summed E-state index contributed by atoms with van der Waals surface area (Å²) in [6.45, 7) is 6.46. The van der Waals surface area contributed by atoms with E-state index < -0.39 is 71.1 Å². The maximum atomic E-state index is 14.0. The van der Waals surface area contributed by atoms with Crippen LogP contribution in [0.3, 0.4) is 0 Å². The smallest absolute Gasteiger partial charge is 0.419 e. The summed E-state index contributed by atoms with van der Waals surface area (Å²) < 4.78 is 92.7. The Morgan fingerprint density at radius 3 is 2.23 bits per heavy atom. The summed E-state index contributed by atoms with van der Waals surface area (Å²) in [5.74, 6) is -1.20. The predicted molar refractivity (Wildman–Crippen MR) is 111 cm³/mol. The van der Waals surface area contributed by atoms with Crippen LogP contribution in [-0.2, 0) is 28.4 Å². The molecule has 2 heterocycles. The van der Waals surface area contributed by atoms with Gasteiger partial charge in [-0.05, 0) is 40.7 Å². The van der Waals surface area contributed by atoms with Crippen molar-refractivity contribution >= 4 is 12.1 Å². The second kappa shape index (κ2) is 8.80. The van der Waals surface area contributed by atoms with E-state index in [1.54, 1.807) is 0 Å². The van der Waals surface area contributed by atoms with Crippen molar-refractivity contribution in [1.29, 1.82) is 0 Å². The molecule has 35 heavy (non-hydrogen) atoms. The molecule has 12 heteroatoms. The van der Waals surface area contributed by atoms with Crippen LogP contribution in [0.15, 0.2) is 24.3 Å². The van der Waals surface area contributed by atoms with E-state index in [0.29, 0.717) is 0 Å². The molecule has 0 saturated carbocycles. The number of amides is 1. The monoisotopic (exact) mass is 506 g/mol. The van der Waals surface area contributed by atoms with Gasteiger partial charge in [-0.25, -0.2) is 9.59 Å². The number of esters is 1. The van der Waals surface area contributed by atoms with E-state index in [4.69, 9.17) is 9.47 Å². The van der Waals surface area contributed by atoms with Gasteiger partial charge in [0.05, 0.1) is 29.3 Å². The van der Waals surface area contributed by atoms with Gasteiger partial charge in [-0.15, -0.1) is 0 Å². The molecule has 2 aromatic rings. The molecule has 1 aliphatic rings. The summed E-state index contributed by atoms with van der Waals surface area (Å²) >= 11 is 0. The SMILES string of the molecule is Cc1[nH]c(CN2C(=O)OC(c3ccccc3C(F)(F)F)C2C)c(C(F)(F)F)c1C(=O)OC(C)(C)C. The first-order valence-electron chi connectivity index (χ1n) is 10.6. The van der Waals surface area contributed by atoms with Crippen LogP contribution in [0.4, 0.5) is 31.1 Å². The lowest BCUT2D eigenvalue weighted by Gasteiger charge is -2.23.